The Morgan fingerprint density at radius 1 is 1.38 bits per heavy atom. The first-order valence-corrected chi connectivity index (χ1v) is 5.03. The summed E-state index contributed by atoms with van der Waals surface area (Å²) < 4.78 is 4.77. The van der Waals surface area contributed by atoms with E-state index in [1.807, 2.05) is 7.05 Å². The first kappa shape index (κ1) is 10.5. The van der Waals surface area contributed by atoms with Gasteiger partial charge in [-0.2, -0.15) is 0 Å². The van der Waals surface area contributed by atoms with Crippen LogP contribution in [0.25, 0.3) is 0 Å². The van der Waals surface area contributed by atoms with Crippen LogP contribution in [0, 0.1) is 5.92 Å². The van der Waals surface area contributed by atoms with Crippen LogP contribution in [-0.4, -0.2) is 26.2 Å². The predicted molar refractivity (Wildman–Crippen MR) is 51.4 cm³/mol. The molecule has 0 saturated heterocycles. The number of carbonyl (C=O) groups excluding carboxylic acids is 1. The quantitative estimate of drug-likeness (QED) is 0.521. The molecule has 0 bridgehead atoms. The van der Waals surface area contributed by atoms with Crippen molar-refractivity contribution < 1.29 is 9.53 Å². The minimum Gasteiger partial charge on any atom is -0.469 e. The van der Waals surface area contributed by atoms with Gasteiger partial charge < -0.3 is 10.1 Å². The fraction of sp³-hybridized carbons (Fsp3) is 0.900. The van der Waals surface area contributed by atoms with Gasteiger partial charge in [0.1, 0.15) is 0 Å². The normalized spacial score (nSPS) is 29.4. The Hall–Kier alpha value is -0.570. The molecule has 3 heteroatoms. The number of methoxy groups -OCH3 is 1. The molecule has 0 aromatic carbocycles. The number of hydrogen-bond acceptors (Lipinski definition) is 3. The van der Waals surface area contributed by atoms with Gasteiger partial charge in [0.2, 0.25) is 0 Å². The molecule has 0 aliphatic heterocycles. The van der Waals surface area contributed by atoms with Crippen LogP contribution >= 0.6 is 0 Å². The summed E-state index contributed by atoms with van der Waals surface area (Å²) in [4.78, 5) is 11.3. The van der Waals surface area contributed by atoms with Crippen molar-refractivity contribution in [3.63, 3.8) is 0 Å². The number of esters is 1. The van der Waals surface area contributed by atoms with Crippen molar-refractivity contribution in [2.75, 3.05) is 14.2 Å². The van der Waals surface area contributed by atoms with Gasteiger partial charge in [0.05, 0.1) is 13.0 Å². The second kappa shape index (κ2) is 5.22. The van der Waals surface area contributed by atoms with Crippen LogP contribution in [0.4, 0.5) is 0 Å². The van der Waals surface area contributed by atoms with Gasteiger partial charge in [-0.1, -0.05) is 12.8 Å². The maximum atomic E-state index is 11.3. The van der Waals surface area contributed by atoms with Crippen molar-refractivity contribution in [3.05, 3.63) is 0 Å². The summed E-state index contributed by atoms with van der Waals surface area (Å²) in [5.74, 6) is 0.0760. The fourth-order valence-corrected chi connectivity index (χ4v) is 2.00. The first-order chi connectivity index (χ1) is 6.27. The zero-order valence-electron chi connectivity index (χ0n) is 8.51. The van der Waals surface area contributed by atoms with E-state index >= 15 is 0 Å². The highest BCUT2D eigenvalue weighted by Gasteiger charge is 2.25. The summed E-state index contributed by atoms with van der Waals surface area (Å²) >= 11 is 0. The summed E-state index contributed by atoms with van der Waals surface area (Å²) in [6.45, 7) is 0. The number of carbonyl (C=O) groups is 1. The minimum atomic E-state index is -0.0397. The molecule has 0 heterocycles. The van der Waals surface area contributed by atoms with E-state index in [-0.39, 0.29) is 11.9 Å². The van der Waals surface area contributed by atoms with Gasteiger partial charge in [0.15, 0.2) is 0 Å². The van der Waals surface area contributed by atoms with Crippen LogP contribution < -0.4 is 5.32 Å². The van der Waals surface area contributed by atoms with Gasteiger partial charge in [-0.05, 0) is 26.3 Å². The zero-order chi connectivity index (χ0) is 9.68. The molecule has 0 radical (unpaired) electrons. The average Bonchev–Trinajstić information content (AvgIpc) is 2.41. The maximum Gasteiger partial charge on any atom is 0.308 e. The number of nitrogens with one attached hydrogen (secondary N) is 1. The lowest BCUT2D eigenvalue weighted by Gasteiger charge is -2.17. The van der Waals surface area contributed by atoms with Gasteiger partial charge in [-0.3, -0.25) is 4.79 Å². The molecular formula is C10H19NO2. The molecular weight excluding hydrogens is 166 g/mol. The molecule has 1 fully saturated rings. The van der Waals surface area contributed by atoms with Crippen molar-refractivity contribution >= 4 is 5.97 Å². The topological polar surface area (TPSA) is 38.3 Å². The third-order valence-corrected chi connectivity index (χ3v) is 2.87. The van der Waals surface area contributed by atoms with Gasteiger partial charge in [0.25, 0.3) is 0 Å². The van der Waals surface area contributed by atoms with Crippen LogP contribution in [0.1, 0.15) is 32.1 Å². The van der Waals surface area contributed by atoms with Crippen molar-refractivity contribution in [2.45, 2.75) is 38.1 Å². The molecule has 76 valence electrons. The van der Waals surface area contributed by atoms with E-state index < -0.39 is 0 Å². The second-order valence-corrected chi connectivity index (χ2v) is 3.73. The fourth-order valence-electron chi connectivity index (χ4n) is 2.00. The molecule has 1 aliphatic carbocycles. The predicted octanol–water partition coefficient (Wildman–Crippen LogP) is 1.33. The molecule has 0 aromatic rings. The number of hydrogen-bond donors (Lipinski definition) is 1. The third-order valence-electron chi connectivity index (χ3n) is 2.87. The van der Waals surface area contributed by atoms with E-state index in [2.05, 4.69) is 5.32 Å². The Bertz CT molecular complexity index is 170. The highest BCUT2D eigenvalue weighted by Crippen LogP contribution is 2.23. The highest BCUT2D eigenvalue weighted by atomic mass is 16.5. The van der Waals surface area contributed by atoms with Gasteiger partial charge in [-0.15, -0.1) is 0 Å². The van der Waals surface area contributed by atoms with E-state index in [4.69, 9.17) is 4.74 Å². The molecule has 0 spiro atoms. The minimum absolute atomic E-state index is 0.0397. The van der Waals surface area contributed by atoms with Gasteiger partial charge >= 0.3 is 5.97 Å². The smallest absolute Gasteiger partial charge is 0.308 e. The Morgan fingerprint density at radius 3 is 2.69 bits per heavy atom. The lowest BCUT2D eigenvalue weighted by Crippen LogP contribution is -2.29. The number of rotatable bonds is 2. The molecule has 1 saturated carbocycles. The van der Waals surface area contributed by atoms with Crippen molar-refractivity contribution in [3.8, 4) is 0 Å². The Labute approximate surface area is 79.8 Å². The van der Waals surface area contributed by atoms with Gasteiger partial charge in [0, 0.05) is 6.04 Å². The van der Waals surface area contributed by atoms with Crippen LogP contribution in [0.3, 0.4) is 0 Å². The summed E-state index contributed by atoms with van der Waals surface area (Å²) in [6.07, 6.45) is 5.48. The lowest BCUT2D eigenvalue weighted by molar-refractivity contribution is -0.146. The molecule has 1 N–H and O–H groups in total. The van der Waals surface area contributed by atoms with Crippen molar-refractivity contribution in [1.29, 1.82) is 0 Å². The molecule has 0 aromatic heterocycles. The van der Waals surface area contributed by atoms with E-state index in [0.717, 1.165) is 19.3 Å². The van der Waals surface area contributed by atoms with E-state index in [1.54, 1.807) is 0 Å². The molecule has 2 unspecified atom stereocenters. The molecule has 1 rings (SSSR count). The summed E-state index contributed by atoms with van der Waals surface area (Å²) in [5, 5.41) is 3.25. The molecule has 3 nitrogen and oxygen atoms in total. The summed E-state index contributed by atoms with van der Waals surface area (Å²) in [5.41, 5.74) is 0. The van der Waals surface area contributed by atoms with Crippen LogP contribution in [-0.2, 0) is 9.53 Å². The average molecular weight is 185 g/mol. The third kappa shape index (κ3) is 2.99. The molecule has 2 atom stereocenters. The zero-order valence-corrected chi connectivity index (χ0v) is 8.51. The standard InChI is InChI=1S/C10H19NO2/c1-11-9-6-4-3-5-8(7-9)10(12)13-2/h8-9,11H,3-7H2,1-2H3. The Morgan fingerprint density at radius 2 is 2.08 bits per heavy atom. The van der Waals surface area contributed by atoms with E-state index in [9.17, 15) is 4.79 Å². The van der Waals surface area contributed by atoms with Crippen molar-refractivity contribution in [1.82, 2.24) is 5.32 Å². The summed E-state index contributed by atoms with van der Waals surface area (Å²) in [7, 11) is 3.44. The van der Waals surface area contributed by atoms with E-state index in [1.165, 1.54) is 20.0 Å². The maximum absolute atomic E-state index is 11.3. The van der Waals surface area contributed by atoms with Crippen LogP contribution in [0.5, 0.6) is 0 Å². The van der Waals surface area contributed by atoms with Crippen LogP contribution in [0.15, 0.2) is 0 Å². The number of ether oxygens (including phenoxy) is 1. The summed E-state index contributed by atoms with van der Waals surface area (Å²) in [6, 6.07) is 0.492. The SMILES string of the molecule is CNC1CCCCC(C(=O)OC)C1. The lowest BCUT2D eigenvalue weighted by atomic mass is 9.98. The van der Waals surface area contributed by atoms with Crippen molar-refractivity contribution in [2.24, 2.45) is 5.92 Å². The highest BCUT2D eigenvalue weighted by molar-refractivity contribution is 5.72. The van der Waals surface area contributed by atoms with E-state index in [0.29, 0.717) is 6.04 Å². The largest absolute Gasteiger partial charge is 0.469 e. The van der Waals surface area contributed by atoms with Crippen LogP contribution in [0.2, 0.25) is 0 Å². The van der Waals surface area contributed by atoms with Gasteiger partial charge in [-0.25, -0.2) is 0 Å². The second-order valence-electron chi connectivity index (χ2n) is 3.73. The first-order valence-electron chi connectivity index (χ1n) is 5.03. The molecule has 0 amide bonds. The monoisotopic (exact) mass is 185 g/mol. The Balaban J connectivity index is 2.48. The Kier molecular flexibility index (Phi) is 4.22. The molecule has 13 heavy (non-hydrogen) atoms. The molecule has 1 aliphatic rings.